The number of carbonyl (C=O) groups excluding carboxylic acids is 3. The summed E-state index contributed by atoms with van der Waals surface area (Å²) in [7, 11) is 0. The summed E-state index contributed by atoms with van der Waals surface area (Å²) in [5.41, 5.74) is 6.50. The van der Waals surface area contributed by atoms with Gasteiger partial charge in [0.05, 0.1) is 0 Å². The Morgan fingerprint density at radius 2 is 2.04 bits per heavy atom. The van der Waals surface area contributed by atoms with Crippen molar-refractivity contribution >= 4 is 17.6 Å². The first-order valence-electron chi connectivity index (χ1n) is 8.20. The topological polar surface area (TPSA) is 136 Å². The lowest BCUT2D eigenvalue weighted by Crippen LogP contribution is -2.48. The highest BCUT2D eigenvalue weighted by Crippen LogP contribution is 2.12. The first kappa shape index (κ1) is 18.1. The molecule has 3 rings (SSSR count). The molecule has 2 amide bonds. The Labute approximate surface area is 154 Å². The Bertz CT molecular complexity index is 962. The summed E-state index contributed by atoms with van der Waals surface area (Å²) in [4.78, 5) is 47.6. The van der Waals surface area contributed by atoms with Crippen molar-refractivity contribution in [2.45, 2.75) is 19.4 Å². The monoisotopic (exact) mass is 366 g/mol. The molecule has 1 unspecified atom stereocenters. The second-order valence-corrected chi connectivity index (χ2v) is 5.90. The number of nitrogens with one attached hydrogen (secondary N) is 2. The second-order valence-electron chi connectivity index (χ2n) is 5.90. The maximum atomic E-state index is 12.8. The first-order valence-corrected chi connectivity index (χ1v) is 8.20. The highest BCUT2D eigenvalue weighted by molar-refractivity contribution is 6.38. The van der Waals surface area contributed by atoms with Crippen LogP contribution in [0, 0.1) is 6.92 Å². The smallest absolute Gasteiger partial charge is 0.288 e. The fourth-order valence-electron chi connectivity index (χ4n) is 2.69. The van der Waals surface area contributed by atoms with Crippen molar-refractivity contribution in [1.29, 1.82) is 0 Å². The standard InChI is InChI=1S/C18H18N6O3/c1-11-10-22-17(24(11)14-6-2-3-7-21-14)18(27)23-13(15(25)16(19)26)9-12-5-4-8-20-12/h2-8,10,13,20H,9H2,1H3,(H2,19,26)(H,23,27). The molecule has 3 heterocycles. The van der Waals surface area contributed by atoms with Crippen molar-refractivity contribution in [3.8, 4) is 5.82 Å². The quantitative estimate of drug-likeness (QED) is 0.517. The summed E-state index contributed by atoms with van der Waals surface area (Å²) >= 11 is 0. The van der Waals surface area contributed by atoms with Gasteiger partial charge in [0.1, 0.15) is 11.9 Å². The van der Waals surface area contributed by atoms with Gasteiger partial charge in [0, 0.05) is 36.4 Å². The molecule has 0 aromatic carbocycles. The van der Waals surface area contributed by atoms with Crippen molar-refractivity contribution < 1.29 is 14.4 Å². The van der Waals surface area contributed by atoms with Crippen LogP contribution in [0.3, 0.4) is 0 Å². The second kappa shape index (κ2) is 7.65. The molecule has 0 bridgehead atoms. The number of pyridine rings is 1. The molecule has 0 radical (unpaired) electrons. The Kier molecular flexibility index (Phi) is 5.11. The Balaban J connectivity index is 1.88. The molecule has 0 aliphatic carbocycles. The molecule has 1 atom stereocenters. The van der Waals surface area contributed by atoms with Crippen LogP contribution >= 0.6 is 0 Å². The summed E-state index contributed by atoms with van der Waals surface area (Å²) in [5.74, 6) is -2.04. The van der Waals surface area contributed by atoms with Gasteiger partial charge in [-0.1, -0.05) is 6.07 Å². The number of nitrogens with zero attached hydrogens (tertiary/aromatic N) is 3. The molecule has 9 nitrogen and oxygen atoms in total. The van der Waals surface area contributed by atoms with Crippen LogP contribution in [0.5, 0.6) is 0 Å². The van der Waals surface area contributed by atoms with Gasteiger partial charge in [-0.05, 0) is 31.2 Å². The van der Waals surface area contributed by atoms with E-state index in [1.54, 1.807) is 54.2 Å². The molecule has 0 saturated carbocycles. The number of amides is 2. The molecule has 0 aliphatic rings. The number of Topliss-reactive ketones (excluding diaryl/α,β-unsaturated/α-hetero) is 1. The summed E-state index contributed by atoms with van der Waals surface area (Å²) in [5, 5.41) is 2.56. The van der Waals surface area contributed by atoms with Gasteiger partial charge in [0.25, 0.3) is 11.8 Å². The molecule has 9 heteroatoms. The number of carbonyl (C=O) groups is 3. The zero-order valence-corrected chi connectivity index (χ0v) is 14.5. The number of imidazole rings is 1. The summed E-state index contributed by atoms with van der Waals surface area (Å²) < 4.78 is 1.57. The number of ketones is 1. The minimum atomic E-state index is -1.11. The fraction of sp³-hybridized carbons (Fsp3) is 0.167. The molecule has 138 valence electrons. The predicted octanol–water partition coefficient (Wildman–Crippen LogP) is 0.299. The number of hydrogen-bond donors (Lipinski definition) is 3. The molecule has 0 aliphatic heterocycles. The van der Waals surface area contributed by atoms with E-state index >= 15 is 0 Å². The minimum absolute atomic E-state index is 0.0555. The maximum Gasteiger partial charge on any atom is 0.288 e. The van der Waals surface area contributed by atoms with Crippen molar-refractivity contribution in [3.63, 3.8) is 0 Å². The zero-order valence-electron chi connectivity index (χ0n) is 14.5. The van der Waals surface area contributed by atoms with Crippen LogP contribution in [-0.2, 0) is 16.0 Å². The van der Waals surface area contributed by atoms with Crippen LogP contribution < -0.4 is 11.1 Å². The number of rotatable bonds is 7. The minimum Gasteiger partial charge on any atom is -0.365 e. The molecule has 4 N–H and O–H groups in total. The van der Waals surface area contributed by atoms with Gasteiger partial charge in [-0.2, -0.15) is 0 Å². The summed E-state index contributed by atoms with van der Waals surface area (Å²) in [6.45, 7) is 1.78. The van der Waals surface area contributed by atoms with Gasteiger partial charge in [-0.3, -0.25) is 19.0 Å². The van der Waals surface area contributed by atoms with Crippen LogP contribution in [0.4, 0.5) is 0 Å². The third kappa shape index (κ3) is 3.92. The highest BCUT2D eigenvalue weighted by Gasteiger charge is 2.28. The molecule has 0 fully saturated rings. The zero-order chi connectivity index (χ0) is 19.4. The third-order valence-corrected chi connectivity index (χ3v) is 3.97. The van der Waals surface area contributed by atoms with Crippen molar-refractivity contribution in [3.05, 3.63) is 66.1 Å². The van der Waals surface area contributed by atoms with E-state index in [0.29, 0.717) is 17.2 Å². The maximum absolute atomic E-state index is 12.8. The van der Waals surface area contributed by atoms with Gasteiger partial charge in [-0.25, -0.2) is 9.97 Å². The van der Waals surface area contributed by atoms with Crippen molar-refractivity contribution in [2.24, 2.45) is 5.73 Å². The van der Waals surface area contributed by atoms with Gasteiger partial charge in [-0.15, -0.1) is 0 Å². The molecule has 0 saturated heterocycles. The molecule has 3 aromatic heterocycles. The number of nitrogens with two attached hydrogens (primary N) is 1. The van der Waals surface area contributed by atoms with Crippen LogP contribution in [0.2, 0.25) is 0 Å². The van der Waals surface area contributed by atoms with Gasteiger partial charge < -0.3 is 16.0 Å². The highest BCUT2D eigenvalue weighted by atomic mass is 16.2. The number of primary amides is 1. The normalized spacial score (nSPS) is 11.7. The van der Waals surface area contributed by atoms with Gasteiger partial charge in [0.15, 0.2) is 0 Å². The van der Waals surface area contributed by atoms with E-state index in [1.165, 1.54) is 6.20 Å². The SMILES string of the molecule is Cc1cnc(C(=O)NC(Cc2ccc[nH]2)C(=O)C(N)=O)n1-c1ccccn1. The van der Waals surface area contributed by atoms with E-state index in [1.807, 2.05) is 0 Å². The molecule has 3 aromatic rings. The lowest BCUT2D eigenvalue weighted by Gasteiger charge is -2.16. The first-order chi connectivity index (χ1) is 13.0. The molecule has 0 spiro atoms. The number of aromatic nitrogens is 4. The van der Waals surface area contributed by atoms with E-state index < -0.39 is 23.6 Å². The van der Waals surface area contributed by atoms with E-state index in [2.05, 4.69) is 20.3 Å². The fourth-order valence-corrected chi connectivity index (χ4v) is 2.69. The number of aromatic amines is 1. The van der Waals surface area contributed by atoms with Crippen LogP contribution in [0.1, 0.15) is 22.0 Å². The Morgan fingerprint density at radius 3 is 2.67 bits per heavy atom. The van der Waals surface area contributed by atoms with E-state index in [9.17, 15) is 14.4 Å². The third-order valence-electron chi connectivity index (χ3n) is 3.97. The van der Waals surface area contributed by atoms with Gasteiger partial charge in [0.2, 0.25) is 11.6 Å². The summed E-state index contributed by atoms with van der Waals surface area (Å²) in [6, 6.07) is 7.66. The van der Waals surface area contributed by atoms with Crippen molar-refractivity contribution in [2.75, 3.05) is 0 Å². The average molecular weight is 366 g/mol. The number of aryl methyl sites for hydroxylation is 1. The summed E-state index contributed by atoms with van der Waals surface area (Å²) in [6.07, 6.45) is 4.91. The molecular weight excluding hydrogens is 348 g/mol. The number of hydrogen-bond acceptors (Lipinski definition) is 5. The average Bonchev–Trinajstić information content (AvgIpc) is 3.30. The Hall–Kier alpha value is -3.75. The van der Waals surface area contributed by atoms with Crippen molar-refractivity contribution in [1.82, 2.24) is 24.8 Å². The lowest BCUT2D eigenvalue weighted by molar-refractivity contribution is -0.137. The largest absolute Gasteiger partial charge is 0.365 e. The van der Waals surface area contributed by atoms with Crippen LogP contribution in [0.15, 0.2) is 48.9 Å². The van der Waals surface area contributed by atoms with E-state index in [4.69, 9.17) is 5.73 Å². The molecular formula is C18H18N6O3. The van der Waals surface area contributed by atoms with E-state index in [-0.39, 0.29) is 12.2 Å². The number of H-pyrrole nitrogens is 1. The van der Waals surface area contributed by atoms with E-state index in [0.717, 1.165) is 0 Å². The predicted molar refractivity (Wildman–Crippen MR) is 96.0 cm³/mol. The molecule has 27 heavy (non-hydrogen) atoms. The lowest BCUT2D eigenvalue weighted by atomic mass is 10.1. The van der Waals surface area contributed by atoms with Crippen LogP contribution in [-0.4, -0.2) is 43.2 Å². The van der Waals surface area contributed by atoms with Gasteiger partial charge >= 0.3 is 0 Å². The Morgan fingerprint density at radius 1 is 1.22 bits per heavy atom. The van der Waals surface area contributed by atoms with Crippen LogP contribution in [0.25, 0.3) is 5.82 Å².